The molecule has 2 saturated heterocycles. The average Bonchev–Trinajstić information content (AvgIpc) is 3.65. The van der Waals surface area contributed by atoms with Crippen LogP contribution in [0.1, 0.15) is 54.9 Å². The van der Waals surface area contributed by atoms with E-state index in [2.05, 4.69) is 46.7 Å². The predicted octanol–water partition coefficient (Wildman–Crippen LogP) is 5.74. The van der Waals surface area contributed by atoms with Crippen molar-refractivity contribution in [2.75, 3.05) is 20.1 Å². The Morgan fingerprint density at radius 1 is 0.674 bits per heavy atom. The lowest BCUT2D eigenvalue weighted by molar-refractivity contribution is -0.0904. The first-order valence-electron chi connectivity index (χ1n) is 14.6. The van der Waals surface area contributed by atoms with Crippen LogP contribution in [0, 0.1) is 0 Å². The fraction of sp³-hybridized carbons (Fsp3) is 0.212. The second kappa shape index (κ2) is 10.8. The largest absolute Gasteiger partial charge is 0.432 e. The molecule has 8 rings (SSSR count). The quantitative estimate of drug-likeness (QED) is 0.240. The Balaban J connectivity index is 0.999. The molecule has 0 saturated carbocycles. The fourth-order valence-electron chi connectivity index (χ4n) is 6.24. The number of fused-ring (bicyclic) bond motifs is 2. The zero-order valence-corrected chi connectivity index (χ0v) is 27.4. The van der Waals surface area contributed by atoms with Gasteiger partial charge in [0.15, 0.2) is 11.4 Å². The van der Waals surface area contributed by atoms with Crippen LogP contribution in [0.3, 0.4) is 0 Å². The zero-order valence-electron chi connectivity index (χ0n) is 24.2. The van der Waals surface area contributed by atoms with Crippen molar-refractivity contribution in [3.8, 4) is 22.9 Å². The summed E-state index contributed by atoms with van der Waals surface area (Å²) in [4.78, 5) is 67.9. The van der Waals surface area contributed by atoms with Crippen molar-refractivity contribution in [1.82, 2.24) is 24.7 Å². The fourth-order valence-corrected chi connectivity index (χ4v) is 6.77. The lowest BCUT2D eigenvalue weighted by Gasteiger charge is -2.56. The maximum Gasteiger partial charge on any atom is 0.246 e. The molecule has 0 spiro atoms. The van der Waals surface area contributed by atoms with Gasteiger partial charge in [-0.3, -0.25) is 24.1 Å². The van der Waals surface area contributed by atoms with Gasteiger partial charge in [-0.15, -0.1) is 0 Å². The molecule has 2 aliphatic heterocycles. The molecule has 4 heterocycles. The first kappa shape index (κ1) is 29.0. The molecular formula is C33H23Br2N5O6. The van der Waals surface area contributed by atoms with Gasteiger partial charge in [0.25, 0.3) is 0 Å². The van der Waals surface area contributed by atoms with Crippen molar-refractivity contribution in [2.24, 2.45) is 0 Å². The Labute approximate surface area is 278 Å². The minimum atomic E-state index is -0.399. The SMILES string of the molecule is CN(C1CCN1C1=CC(=O)c2nc(-c3ccc(Br)cc3)oc2C1=O)C1CCN1C1=CC(=O)c2nc(-c3ccc(Br)cc3)oc2C1=O. The number of carbonyl (C=O) groups excluding carboxylic acids is 4. The lowest BCUT2D eigenvalue weighted by atomic mass is 9.95. The van der Waals surface area contributed by atoms with Gasteiger partial charge in [0, 0.05) is 45.3 Å². The highest BCUT2D eigenvalue weighted by Crippen LogP contribution is 2.38. The monoisotopic (exact) mass is 743 g/mol. The Bertz CT molecular complexity index is 1900. The summed E-state index contributed by atoms with van der Waals surface area (Å²) in [7, 11) is 1.91. The van der Waals surface area contributed by atoms with E-state index in [1.165, 1.54) is 12.2 Å². The Morgan fingerprint density at radius 2 is 1.07 bits per heavy atom. The van der Waals surface area contributed by atoms with Gasteiger partial charge in [0.1, 0.15) is 0 Å². The van der Waals surface area contributed by atoms with E-state index in [0.717, 1.165) is 21.8 Å². The lowest BCUT2D eigenvalue weighted by Crippen LogP contribution is -2.66. The van der Waals surface area contributed by atoms with E-state index in [4.69, 9.17) is 8.83 Å². The standard InChI is InChI=1S/C33H23Br2N5O6/c1-38(24-10-12-39(24)20-14-22(41)26-30(28(20)43)45-32(36-26)16-2-6-18(34)7-3-16)25-11-13-40(25)21-15-23(42)27-31(29(21)44)46-33(37-27)17-4-8-19(35)9-5-17/h2-9,14-15,24-25H,10-13H2,1H3. The van der Waals surface area contributed by atoms with Gasteiger partial charge < -0.3 is 18.6 Å². The van der Waals surface area contributed by atoms with E-state index >= 15 is 0 Å². The summed E-state index contributed by atoms with van der Waals surface area (Å²) in [5.41, 5.74) is 1.81. The topological polar surface area (TPSA) is 130 Å². The van der Waals surface area contributed by atoms with Crippen molar-refractivity contribution in [1.29, 1.82) is 0 Å². The molecule has 0 bridgehead atoms. The summed E-state index contributed by atoms with van der Waals surface area (Å²) in [6, 6.07) is 14.5. The highest BCUT2D eigenvalue weighted by Gasteiger charge is 2.47. The van der Waals surface area contributed by atoms with Crippen molar-refractivity contribution < 1.29 is 28.0 Å². The number of aromatic nitrogens is 2. The first-order valence-corrected chi connectivity index (χ1v) is 16.2. The van der Waals surface area contributed by atoms with E-state index in [9.17, 15) is 19.2 Å². The highest BCUT2D eigenvalue weighted by atomic mass is 79.9. The normalized spacial score (nSPS) is 20.7. The van der Waals surface area contributed by atoms with Crippen molar-refractivity contribution in [3.05, 3.63) is 104 Å². The molecule has 4 aromatic rings. The molecular weight excluding hydrogens is 722 g/mol. The van der Waals surface area contributed by atoms with Gasteiger partial charge in [-0.2, -0.15) is 0 Å². The van der Waals surface area contributed by atoms with Crippen molar-refractivity contribution in [2.45, 2.75) is 25.2 Å². The zero-order chi connectivity index (χ0) is 31.9. The molecule has 2 aromatic carbocycles. The third-order valence-corrected chi connectivity index (χ3v) is 9.91. The summed E-state index contributed by atoms with van der Waals surface area (Å²) in [5.74, 6) is -1.31. The molecule has 2 fully saturated rings. The molecule has 2 aromatic heterocycles. The van der Waals surface area contributed by atoms with Crippen molar-refractivity contribution in [3.63, 3.8) is 0 Å². The molecule has 230 valence electrons. The van der Waals surface area contributed by atoms with Gasteiger partial charge in [-0.25, -0.2) is 9.97 Å². The van der Waals surface area contributed by atoms with Crippen LogP contribution in [-0.2, 0) is 0 Å². The molecule has 2 aliphatic carbocycles. The average molecular weight is 745 g/mol. The second-order valence-corrected chi connectivity index (χ2v) is 13.3. The number of nitrogens with zero attached hydrogens (tertiary/aromatic N) is 5. The number of benzene rings is 2. The number of halogens is 2. The second-order valence-electron chi connectivity index (χ2n) is 11.4. The molecule has 0 radical (unpaired) electrons. The molecule has 4 aliphatic rings. The van der Waals surface area contributed by atoms with Gasteiger partial charge in [-0.1, -0.05) is 31.9 Å². The number of hydrogen-bond acceptors (Lipinski definition) is 11. The number of hydrogen-bond donors (Lipinski definition) is 0. The summed E-state index contributed by atoms with van der Waals surface area (Å²) < 4.78 is 13.4. The predicted molar refractivity (Wildman–Crippen MR) is 171 cm³/mol. The van der Waals surface area contributed by atoms with Crippen LogP contribution in [0.15, 0.2) is 89.9 Å². The smallest absolute Gasteiger partial charge is 0.246 e. The van der Waals surface area contributed by atoms with Crippen molar-refractivity contribution >= 4 is 55.0 Å². The Morgan fingerprint density at radius 3 is 1.41 bits per heavy atom. The van der Waals surface area contributed by atoms with Gasteiger partial charge >= 0.3 is 0 Å². The van der Waals surface area contributed by atoms with Crippen LogP contribution < -0.4 is 0 Å². The maximum absolute atomic E-state index is 13.6. The van der Waals surface area contributed by atoms with Gasteiger partial charge in [0.05, 0.1) is 23.7 Å². The van der Waals surface area contributed by atoms with E-state index in [-0.39, 0.29) is 58.4 Å². The molecule has 2 unspecified atom stereocenters. The number of Topliss-reactive ketones (excluding diaryl/α,β-unsaturated/α-hetero) is 2. The third kappa shape index (κ3) is 4.56. The number of carbonyl (C=O) groups is 4. The molecule has 0 N–H and O–H groups in total. The minimum Gasteiger partial charge on any atom is -0.432 e. The highest BCUT2D eigenvalue weighted by molar-refractivity contribution is 9.10. The number of oxazole rings is 2. The first-order chi connectivity index (χ1) is 22.2. The van der Waals surface area contributed by atoms with Crippen LogP contribution in [0.4, 0.5) is 0 Å². The molecule has 2 atom stereocenters. The summed E-state index contributed by atoms with van der Waals surface area (Å²) in [6.07, 6.45) is 3.70. The van der Waals surface area contributed by atoms with Crippen LogP contribution in [0.25, 0.3) is 22.9 Å². The minimum absolute atomic E-state index is 0.00440. The van der Waals surface area contributed by atoms with Gasteiger partial charge in [-0.05, 0) is 68.4 Å². The Hall–Kier alpha value is -4.46. The Kier molecular flexibility index (Phi) is 6.81. The van der Waals surface area contributed by atoms with E-state index in [1.807, 2.05) is 41.1 Å². The van der Waals surface area contributed by atoms with E-state index in [1.54, 1.807) is 24.3 Å². The summed E-state index contributed by atoms with van der Waals surface area (Å²) >= 11 is 6.79. The molecule has 13 heteroatoms. The van der Waals surface area contributed by atoms with Crippen LogP contribution in [-0.4, -0.2) is 80.3 Å². The van der Waals surface area contributed by atoms with Crippen LogP contribution in [0.2, 0.25) is 0 Å². The maximum atomic E-state index is 13.6. The van der Waals surface area contributed by atoms with E-state index in [0.29, 0.717) is 24.2 Å². The number of likely N-dealkylation sites (tertiary alicyclic amines) is 2. The summed E-state index contributed by atoms with van der Waals surface area (Å²) in [5, 5.41) is 0. The van der Waals surface area contributed by atoms with Crippen LogP contribution >= 0.6 is 31.9 Å². The summed E-state index contributed by atoms with van der Waals surface area (Å²) in [6.45, 7) is 1.13. The number of allylic oxidation sites excluding steroid dienone is 4. The molecule has 0 amide bonds. The van der Waals surface area contributed by atoms with Gasteiger partial charge in [0.2, 0.25) is 46.4 Å². The molecule has 46 heavy (non-hydrogen) atoms. The molecule has 11 nitrogen and oxygen atoms in total. The third-order valence-electron chi connectivity index (χ3n) is 8.85. The number of ketones is 4. The van der Waals surface area contributed by atoms with E-state index < -0.39 is 23.1 Å². The number of rotatable bonds is 6. The van der Waals surface area contributed by atoms with Crippen LogP contribution in [0.5, 0.6) is 0 Å².